The molecule has 0 aromatic heterocycles. The summed E-state index contributed by atoms with van der Waals surface area (Å²) in [5, 5.41) is 1.89. The first-order valence-electron chi connectivity index (χ1n) is 5.54. The molecule has 90 valence electrons. The van der Waals surface area contributed by atoms with Crippen LogP contribution in [-0.4, -0.2) is 16.1 Å². The van der Waals surface area contributed by atoms with Crippen molar-refractivity contribution in [2.75, 3.05) is 0 Å². The Bertz CT molecular complexity index is 403. The van der Waals surface area contributed by atoms with Crippen molar-refractivity contribution in [1.82, 2.24) is 0 Å². The van der Waals surface area contributed by atoms with E-state index in [9.17, 15) is 4.39 Å². The second-order valence-corrected chi connectivity index (χ2v) is 17.2. The number of benzene rings is 1. The topological polar surface area (TPSA) is 0 Å². The summed E-state index contributed by atoms with van der Waals surface area (Å²) in [6.45, 7) is 13.1. The lowest BCUT2D eigenvalue weighted by molar-refractivity contribution is 0.641. The molecule has 0 spiro atoms. The molecule has 1 rings (SSSR count). The van der Waals surface area contributed by atoms with E-state index in [2.05, 4.69) is 55.2 Å². The van der Waals surface area contributed by atoms with Crippen molar-refractivity contribution in [1.29, 1.82) is 0 Å². The van der Waals surface area contributed by atoms with Crippen LogP contribution in [0, 0.1) is 5.82 Å². The molecule has 0 unspecified atom stereocenters. The van der Waals surface area contributed by atoms with Gasteiger partial charge in [-0.15, -0.1) is 0 Å². The van der Waals surface area contributed by atoms with Gasteiger partial charge in [0.05, 0.1) is 16.1 Å². The fourth-order valence-electron chi connectivity index (χ4n) is 1.82. The lowest BCUT2D eigenvalue weighted by Crippen LogP contribution is -2.49. The largest absolute Gasteiger partial charge is 0.207 e. The molecule has 0 N–H and O–H groups in total. The van der Waals surface area contributed by atoms with E-state index in [4.69, 9.17) is 0 Å². The van der Waals surface area contributed by atoms with Crippen LogP contribution in [0.1, 0.15) is 0 Å². The third-order valence-electron chi connectivity index (χ3n) is 2.65. The van der Waals surface area contributed by atoms with Crippen LogP contribution in [0.2, 0.25) is 39.3 Å². The van der Waals surface area contributed by atoms with Crippen LogP contribution >= 0.6 is 15.9 Å². The lowest BCUT2D eigenvalue weighted by atomic mass is 10.3. The third kappa shape index (κ3) is 2.84. The molecule has 0 heterocycles. The van der Waals surface area contributed by atoms with Crippen LogP contribution in [0.3, 0.4) is 0 Å². The van der Waals surface area contributed by atoms with Gasteiger partial charge in [-0.3, -0.25) is 0 Å². The minimum absolute atomic E-state index is 0.0488. The molecule has 0 radical (unpaired) electrons. The molecule has 0 fully saturated rings. The molecule has 0 atom stereocenters. The molecule has 16 heavy (non-hydrogen) atoms. The highest BCUT2D eigenvalue weighted by molar-refractivity contribution is 9.10. The van der Waals surface area contributed by atoms with Crippen molar-refractivity contribution in [2.45, 2.75) is 39.3 Å². The second-order valence-electron chi connectivity index (χ2n) is 6.28. The molecule has 0 bridgehead atoms. The summed E-state index contributed by atoms with van der Waals surface area (Å²) in [5.41, 5.74) is 0. The van der Waals surface area contributed by atoms with Gasteiger partial charge in [-0.05, 0) is 16.4 Å². The molecule has 0 saturated carbocycles. The highest BCUT2D eigenvalue weighted by Gasteiger charge is 2.29. The maximum Gasteiger partial charge on any atom is 0.122 e. The molecule has 0 aliphatic carbocycles. The van der Waals surface area contributed by atoms with Gasteiger partial charge in [0.25, 0.3) is 0 Å². The van der Waals surface area contributed by atoms with Crippen LogP contribution < -0.4 is 10.4 Å². The maximum atomic E-state index is 14.6. The SMILES string of the molecule is C[Si](C)(C)c1ccc(Br)c([Si](C)(C)C)c1F. The van der Waals surface area contributed by atoms with Crippen molar-refractivity contribution >= 4 is 42.5 Å². The van der Waals surface area contributed by atoms with E-state index in [1.165, 1.54) is 0 Å². The Morgan fingerprint density at radius 1 is 0.938 bits per heavy atom. The minimum Gasteiger partial charge on any atom is -0.207 e. The summed E-state index contributed by atoms with van der Waals surface area (Å²) in [4.78, 5) is 0. The van der Waals surface area contributed by atoms with Crippen LogP contribution in [0.25, 0.3) is 0 Å². The van der Waals surface area contributed by atoms with E-state index in [-0.39, 0.29) is 5.82 Å². The third-order valence-corrected chi connectivity index (χ3v) is 7.67. The van der Waals surface area contributed by atoms with E-state index in [1.54, 1.807) is 0 Å². The van der Waals surface area contributed by atoms with Crippen LogP contribution in [-0.2, 0) is 0 Å². The zero-order valence-corrected chi connectivity index (χ0v) is 14.5. The zero-order valence-electron chi connectivity index (χ0n) is 10.9. The van der Waals surface area contributed by atoms with Crippen molar-refractivity contribution in [3.8, 4) is 0 Å². The van der Waals surface area contributed by atoms with Crippen molar-refractivity contribution in [3.05, 3.63) is 22.4 Å². The van der Waals surface area contributed by atoms with Gasteiger partial charge >= 0.3 is 0 Å². The Labute approximate surface area is 108 Å². The van der Waals surface area contributed by atoms with Gasteiger partial charge in [0.15, 0.2) is 0 Å². The van der Waals surface area contributed by atoms with E-state index < -0.39 is 16.1 Å². The van der Waals surface area contributed by atoms with Gasteiger partial charge < -0.3 is 0 Å². The molecular formula is C12H20BrFSi2. The van der Waals surface area contributed by atoms with Crippen molar-refractivity contribution in [2.24, 2.45) is 0 Å². The Morgan fingerprint density at radius 3 is 1.81 bits per heavy atom. The normalized spacial score (nSPS) is 13.0. The predicted molar refractivity (Wildman–Crippen MR) is 80.1 cm³/mol. The Balaban J connectivity index is 3.52. The number of hydrogen-bond acceptors (Lipinski definition) is 0. The fourth-order valence-corrected chi connectivity index (χ4v) is 6.99. The summed E-state index contributed by atoms with van der Waals surface area (Å²) in [6.07, 6.45) is 0. The summed E-state index contributed by atoms with van der Waals surface area (Å²) >= 11 is 3.49. The molecule has 0 aliphatic rings. The van der Waals surface area contributed by atoms with Gasteiger partial charge in [0.2, 0.25) is 0 Å². The Kier molecular flexibility index (Phi) is 3.87. The molecular weight excluding hydrogens is 299 g/mol. The number of hydrogen-bond donors (Lipinski definition) is 0. The predicted octanol–water partition coefficient (Wildman–Crippen LogP) is 3.68. The molecule has 0 saturated heterocycles. The van der Waals surface area contributed by atoms with E-state index in [0.717, 1.165) is 14.8 Å². The summed E-state index contributed by atoms with van der Waals surface area (Å²) in [7, 11) is -3.22. The second kappa shape index (κ2) is 4.39. The van der Waals surface area contributed by atoms with Crippen LogP contribution in [0.5, 0.6) is 0 Å². The lowest BCUT2D eigenvalue weighted by Gasteiger charge is -2.25. The minimum atomic E-state index is -1.63. The highest BCUT2D eigenvalue weighted by Crippen LogP contribution is 2.17. The van der Waals surface area contributed by atoms with Crippen molar-refractivity contribution < 1.29 is 4.39 Å². The standard InChI is InChI=1S/C12H20BrFSi2/c1-15(2,3)10-8-7-9(13)12(11(10)14)16(4,5)6/h7-8H,1-6H3. The van der Waals surface area contributed by atoms with Gasteiger partial charge in [0.1, 0.15) is 5.82 Å². The number of rotatable bonds is 2. The molecule has 1 aromatic carbocycles. The quantitative estimate of drug-likeness (QED) is 0.730. The van der Waals surface area contributed by atoms with E-state index >= 15 is 0 Å². The molecule has 4 heteroatoms. The first-order valence-corrected chi connectivity index (χ1v) is 13.3. The highest BCUT2D eigenvalue weighted by atomic mass is 79.9. The molecule has 0 amide bonds. The summed E-state index contributed by atoms with van der Waals surface area (Å²) in [5.74, 6) is 0.0488. The number of halogens is 2. The monoisotopic (exact) mass is 318 g/mol. The van der Waals surface area contributed by atoms with E-state index in [1.807, 2.05) is 12.1 Å². The molecule has 1 aromatic rings. The first kappa shape index (κ1) is 14.1. The average Bonchev–Trinajstić information content (AvgIpc) is 1.97. The average molecular weight is 319 g/mol. The maximum absolute atomic E-state index is 14.6. The summed E-state index contributed by atoms with van der Waals surface area (Å²) in [6, 6.07) is 3.97. The van der Waals surface area contributed by atoms with Gasteiger partial charge in [-0.2, -0.15) is 0 Å². The van der Waals surface area contributed by atoms with Crippen LogP contribution in [0.4, 0.5) is 4.39 Å². The first-order chi connectivity index (χ1) is 7.05. The van der Waals surface area contributed by atoms with Crippen molar-refractivity contribution in [3.63, 3.8) is 0 Å². The molecule has 0 aliphatic heterocycles. The Hall–Kier alpha value is 0.0638. The smallest absolute Gasteiger partial charge is 0.122 e. The van der Waals surface area contributed by atoms with Crippen LogP contribution in [0.15, 0.2) is 16.6 Å². The van der Waals surface area contributed by atoms with Gasteiger partial charge in [0, 0.05) is 4.47 Å². The van der Waals surface area contributed by atoms with Gasteiger partial charge in [-0.25, -0.2) is 4.39 Å². The fraction of sp³-hybridized carbons (Fsp3) is 0.500. The van der Waals surface area contributed by atoms with E-state index in [0.29, 0.717) is 0 Å². The Morgan fingerprint density at radius 2 is 1.44 bits per heavy atom. The zero-order chi connectivity index (χ0) is 12.7. The molecule has 0 nitrogen and oxygen atoms in total. The summed E-state index contributed by atoms with van der Waals surface area (Å²) < 4.78 is 15.5. The van der Waals surface area contributed by atoms with Gasteiger partial charge in [-0.1, -0.05) is 61.3 Å².